The summed E-state index contributed by atoms with van der Waals surface area (Å²) in [5, 5.41) is 8.07. The van der Waals surface area contributed by atoms with E-state index in [4.69, 9.17) is 0 Å². The van der Waals surface area contributed by atoms with Gasteiger partial charge in [-0.3, -0.25) is 4.68 Å². The van der Waals surface area contributed by atoms with Gasteiger partial charge in [-0.05, 0) is 38.5 Å². The van der Waals surface area contributed by atoms with Crippen LogP contribution in [0.15, 0.2) is 6.20 Å². The number of nitrogens with zero attached hydrogens (tertiary/aromatic N) is 3. The quantitative estimate of drug-likeness (QED) is 0.697. The first-order valence-electron chi connectivity index (χ1n) is 7.53. The molecule has 0 unspecified atom stereocenters. The molecule has 0 spiro atoms. The highest BCUT2D eigenvalue weighted by Crippen LogP contribution is 2.16. The molecule has 0 fully saturated rings. The molecule has 0 aliphatic rings. The molecule has 4 heteroatoms. The van der Waals surface area contributed by atoms with Crippen molar-refractivity contribution in [2.45, 2.75) is 46.6 Å². The number of rotatable bonds is 9. The first kappa shape index (κ1) is 16.2. The fraction of sp³-hybridized carbons (Fsp3) is 0.800. The molecule has 1 N–H and O–H groups in total. The van der Waals surface area contributed by atoms with E-state index >= 15 is 0 Å². The SMILES string of the molecule is CCN(CC)CCCNCc1cn(C)nc1C(C)C. The van der Waals surface area contributed by atoms with Crippen LogP contribution in [0.4, 0.5) is 0 Å². The number of nitrogens with one attached hydrogen (secondary N) is 1. The summed E-state index contributed by atoms with van der Waals surface area (Å²) in [6.07, 6.45) is 3.34. The van der Waals surface area contributed by atoms with Crippen molar-refractivity contribution in [3.05, 3.63) is 17.5 Å². The fourth-order valence-corrected chi connectivity index (χ4v) is 2.37. The third-order valence-corrected chi connectivity index (χ3v) is 3.52. The first-order valence-corrected chi connectivity index (χ1v) is 7.53. The van der Waals surface area contributed by atoms with E-state index in [0.29, 0.717) is 5.92 Å². The minimum Gasteiger partial charge on any atom is -0.312 e. The van der Waals surface area contributed by atoms with E-state index < -0.39 is 0 Å². The lowest BCUT2D eigenvalue weighted by atomic mass is 10.1. The van der Waals surface area contributed by atoms with Gasteiger partial charge in [0.1, 0.15) is 0 Å². The zero-order chi connectivity index (χ0) is 14.3. The molecule has 1 aromatic rings. The highest BCUT2D eigenvalue weighted by Gasteiger charge is 2.10. The monoisotopic (exact) mass is 266 g/mol. The van der Waals surface area contributed by atoms with E-state index in [0.717, 1.165) is 26.2 Å². The van der Waals surface area contributed by atoms with Gasteiger partial charge >= 0.3 is 0 Å². The first-order chi connectivity index (χ1) is 9.08. The summed E-state index contributed by atoms with van der Waals surface area (Å²) < 4.78 is 1.92. The highest BCUT2D eigenvalue weighted by molar-refractivity contribution is 5.19. The molecule has 0 saturated heterocycles. The normalized spacial score (nSPS) is 11.7. The Balaban J connectivity index is 2.29. The molecule has 19 heavy (non-hydrogen) atoms. The molecule has 0 radical (unpaired) electrons. The van der Waals surface area contributed by atoms with Crippen LogP contribution in [0.2, 0.25) is 0 Å². The molecule has 0 aromatic carbocycles. The van der Waals surface area contributed by atoms with Crippen LogP contribution >= 0.6 is 0 Å². The summed E-state index contributed by atoms with van der Waals surface area (Å²) in [4.78, 5) is 2.46. The second-order valence-electron chi connectivity index (χ2n) is 5.43. The molecule has 0 bridgehead atoms. The van der Waals surface area contributed by atoms with Crippen molar-refractivity contribution in [3.8, 4) is 0 Å². The third kappa shape index (κ3) is 5.33. The average Bonchev–Trinajstić information content (AvgIpc) is 2.75. The third-order valence-electron chi connectivity index (χ3n) is 3.52. The predicted molar refractivity (Wildman–Crippen MR) is 81.4 cm³/mol. The lowest BCUT2D eigenvalue weighted by molar-refractivity contribution is 0.298. The van der Waals surface area contributed by atoms with Crippen LogP contribution in [0, 0.1) is 0 Å². The number of hydrogen-bond acceptors (Lipinski definition) is 3. The Kier molecular flexibility index (Phi) is 7.10. The van der Waals surface area contributed by atoms with Gasteiger partial charge in [0.2, 0.25) is 0 Å². The standard InChI is InChI=1S/C15H30N4/c1-6-19(7-2)10-8-9-16-11-14-12-18(5)17-15(14)13(3)4/h12-13,16H,6-11H2,1-5H3. The summed E-state index contributed by atoms with van der Waals surface area (Å²) in [5.41, 5.74) is 2.55. The van der Waals surface area contributed by atoms with E-state index in [1.165, 1.54) is 24.2 Å². The summed E-state index contributed by atoms with van der Waals surface area (Å²) in [5.74, 6) is 0.494. The van der Waals surface area contributed by atoms with Crippen LogP contribution < -0.4 is 5.32 Å². The Bertz CT molecular complexity index is 353. The Morgan fingerprint density at radius 1 is 1.32 bits per heavy atom. The second kappa shape index (κ2) is 8.33. The van der Waals surface area contributed by atoms with Gasteiger partial charge in [-0.1, -0.05) is 27.7 Å². The fourth-order valence-electron chi connectivity index (χ4n) is 2.37. The van der Waals surface area contributed by atoms with Gasteiger partial charge in [-0.25, -0.2) is 0 Å². The molecular weight excluding hydrogens is 236 g/mol. The Hall–Kier alpha value is -0.870. The molecule has 0 saturated carbocycles. The minimum atomic E-state index is 0.494. The lowest BCUT2D eigenvalue weighted by Gasteiger charge is -2.17. The van der Waals surface area contributed by atoms with Crippen LogP contribution in [0.25, 0.3) is 0 Å². The topological polar surface area (TPSA) is 33.1 Å². The summed E-state index contributed by atoms with van der Waals surface area (Å²) in [6, 6.07) is 0. The summed E-state index contributed by atoms with van der Waals surface area (Å²) >= 11 is 0. The van der Waals surface area contributed by atoms with E-state index in [9.17, 15) is 0 Å². The van der Waals surface area contributed by atoms with Crippen molar-refractivity contribution in [1.29, 1.82) is 0 Å². The molecule has 1 rings (SSSR count). The molecule has 110 valence electrons. The van der Waals surface area contributed by atoms with Crippen molar-refractivity contribution in [3.63, 3.8) is 0 Å². The van der Waals surface area contributed by atoms with E-state index in [1.807, 2.05) is 11.7 Å². The van der Waals surface area contributed by atoms with Crippen LogP contribution in [0.5, 0.6) is 0 Å². The zero-order valence-electron chi connectivity index (χ0n) is 13.2. The molecule has 0 aliphatic heterocycles. The maximum absolute atomic E-state index is 4.53. The van der Waals surface area contributed by atoms with E-state index in [-0.39, 0.29) is 0 Å². The number of aryl methyl sites for hydroxylation is 1. The van der Waals surface area contributed by atoms with Crippen LogP contribution in [0.3, 0.4) is 0 Å². The zero-order valence-corrected chi connectivity index (χ0v) is 13.2. The molecule has 0 atom stereocenters. The van der Waals surface area contributed by atoms with Crippen molar-refractivity contribution in [2.75, 3.05) is 26.2 Å². The maximum Gasteiger partial charge on any atom is 0.0694 e. The molecule has 1 aromatic heterocycles. The van der Waals surface area contributed by atoms with Crippen LogP contribution in [0.1, 0.15) is 51.3 Å². The van der Waals surface area contributed by atoms with Crippen LogP contribution in [-0.4, -0.2) is 40.9 Å². The minimum absolute atomic E-state index is 0.494. The van der Waals surface area contributed by atoms with Gasteiger partial charge in [0.15, 0.2) is 0 Å². The molecule has 0 amide bonds. The lowest BCUT2D eigenvalue weighted by Crippen LogP contribution is -2.27. The maximum atomic E-state index is 4.53. The smallest absolute Gasteiger partial charge is 0.0694 e. The van der Waals surface area contributed by atoms with Crippen molar-refractivity contribution >= 4 is 0 Å². The van der Waals surface area contributed by atoms with Crippen molar-refractivity contribution in [1.82, 2.24) is 20.0 Å². The molecular formula is C15H30N4. The molecule has 0 aliphatic carbocycles. The molecule has 4 nitrogen and oxygen atoms in total. The Morgan fingerprint density at radius 2 is 2.00 bits per heavy atom. The van der Waals surface area contributed by atoms with Crippen molar-refractivity contribution < 1.29 is 0 Å². The number of aromatic nitrogens is 2. The van der Waals surface area contributed by atoms with Gasteiger partial charge < -0.3 is 10.2 Å². The van der Waals surface area contributed by atoms with E-state index in [1.54, 1.807) is 0 Å². The van der Waals surface area contributed by atoms with Gasteiger partial charge in [-0.2, -0.15) is 5.10 Å². The van der Waals surface area contributed by atoms with Crippen molar-refractivity contribution in [2.24, 2.45) is 7.05 Å². The Labute approximate surface area is 118 Å². The second-order valence-corrected chi connectivity index (χ2v) is 5.43. The molecule has 1 heterocycles. The predicted octanol–water partition coefficient (Wildman–Crippen LogP) is 2.36. The highest BCUT2D eigenvalue weighted by atomic mass is 15.3. The Morgan fingerprint density at radius 3 is 2.58 bits per heavy atom. The van der Waals surface area contributed by atoms with Gasteiger partial charge in [0, 0.05) is 25.4 Å². The van der Waals surface area contributed by atoms with Gasteiger partial charge in [0.05, 0.1) is 5.69 Å². The van der Waals surface area contributed by atoms with Gasteiger partial charge in [-0.15, -0.1) is 0 Å². The summed E-state index contributed by atoms with van der Waals surface area (Å²) in [7, 11) is 2.00. The number of hydrogen-bond donors (Lipinski definition) is 1. The van der Waals surface area contributed by atoms with Gasteiger partial charge in [0.25, 0.3) is 0 Å². The van der Waals surface area contributed by atoms with Crippen LogP contribution in [-0.2, 0) is 13.6 Å². The van der Waals surface area contributed by atoms with E-state index in [2.05, 4.69) is 49.2 Å². The summed E-state index contributed by atoms with van der Waals surface area (Å²) in [6.45, 7) is 14.3. The average molecular weight is 266 g/mol. The largest absolute Gasteiger partial charge is 0.312 e.